The molecule has 0 spiro atoms. The first-order valence-electron chi connectivity index (χ1n) is 8.74. The first-order valence-corrected chi connectivity index (χ1v) is 10.2. The average molecular weight is 406 g/mol. The molecular formula is C20H23FN2O4S. The monoisotopic (exact) mass is 406 g/mol. The normalized spacial score (nSPS) is 11.5. The van der Waals surface area contributed by atoms with Gasteiger partial charge < -0.3 is 5.32 Å². The van der Waals surface area contributed by atoms with E-state index in [1.807, 2.05) is 0 Å². The second kappa shape index (κ2) is 9.07. The van der Waals surface area contributed by atoms with Gasteiger partial charge in [0.05, 0.1) is 10.6 Å². The number of ketones is 1. The van der Waals surface area contributed by atoms with E-state index in [4.69, 9.17) is 0 Å². The molecule has 2 aromatic rings. The molecule has 0 bridgehead atoms. The number of aryl methyl sites for hydroxylation is 1. The second-order valence-electron chi connectivity index (χ2n) is 6.54. The number of rotatable bonds is 8. The topological polar surface area (TPSA) is 83.6 Å². The van der Waals surface area contributed by atoms with E-state index in [1.54, 1.807) is 13.0 Å². The molecule has 150 valence electrons. The molecule has 0 aliphatic rings. The van der Waals surface area contributed by atoms with Crippen LogP contribution >= 0.6 is 0 Å². The number of Topliss-reactive ketones (excluding diaryl/α,β-unsaturated/α-hetero) is 1. The van der Waals surface area contributed by atoms with Gasteiger partial charge in [-0.15, -0.1) is 0 Å². The van der Waals surface area contributed by atoms with Crippen molar-refractivity contribution in [3.8, 4) is 0 Å². The molecule has 0 fully saturated rings. The van der Waals surface area contributed by atoms with Crippen LogP contribution in [0.1, 0.15) is 35.7 Å². The summed E-state index contributed by atoms with van der Waals surface area (Å²) in [6.45, 7) is 3.32. The minimum Gasteiger partial charge on any atom is -0.324 e. The molecule has 2 rings (SSSR count). The summed E-state index contributed by atoms with van der Waals surface area (Å²) in [7, 11) is -2.30. The van der Waals surface area contributed by atoms with Crippen LogP contribution in [0.15, 0.2) is 47.4 Å². The predicted octanol–water partition coefficient (Wildman–Crippen LogP) is 3.38. The van der Waals surface area contributed by atoms with Gasteiger partial charge in [0.2, 0.25) is 15.9 Å². The van der Waals surface area contributed by atoms with Crippen LogP contribution in [0.25, 0.3) is 0 Å². The molecule has 0 radical (unpaired) electrons. The third-order valence-electron chi connectivity index (χ3n) is 4.24. The Balaban J connectivity index is 1.91. The first kappa shape index (κ1) is 21.7. The smallest absolute Gasteiger partial charge is 0.242 e. The van der Waals surface area contributed by atoms with Crippen molar-refractivity contribution < 1.29 is 22.4 Å². The summed E-state index contributed by atoms with van der Waals surface area (Å²) in [4.78, 5) is 23.4. The zero-order valence-corrected chi connectivity index (χ0v) is 16.8. The zero-order chi connectivity index (χ0) is 20.9. The highest BCUT2D eigenvalue weighted by atomic mass is 32.2. The summed E-state index contributed by atoms with van der Waals surface area (Å²) < 4.78 is 39.9. The minimum atomic E-state index is -3.72. The molecule has 8 heteroatoms. The fourth-order valence-corrected chi connectivity index (χ4v) is 3.78. The van der Waals surface area contributed by atoms with Crippen molar-refractivity contribution in [2.75, 3.05) is 18.9 Å². The standard InChI is InChI=1S/C20H23FN2O4S/c1-14-6-11-18(21)19(13-14)22-20(25)5-4-12-23(3)28(26,27)17-9-7-16(8-10-17)15(2)24/h6-11,13H,4-5,12H2,1-3H3,(H,22,25). The highest BCUT2D eigenvalue weighted by Gasteiger charge is 2.21. The summed E-state index contributed by atoms with van der Waals surface area (Å²) in [5.41, 5.74) is 1.36. The van der Waals surface area contributed by atoms with E-state index in [1.165, 1.54) is 50.4 Å². The number of nitrogens with one attached hydrogen (secondary N) is 1. The molecule has 0 aromatic heterocycles. The predicted molar refractivity (Wildman–Crippen MR) is 105 cm³/mol. The van der Waals surface area contributed by atoms with Crippen LogP contribution in [0.2, 0.25) is 0 Å². The largest absolute Gasteiger partial charge is 0.324 e. The number of anilines is 1. The van der Waals surface area contributed by atoms with Crippen LogP contribution in [0.5, 0.6) is 0 Å². The Morgan fingerprint density at radius 3 is 2.36 bits per heavy atom. The van der Waals surface area contributed by atoms with E-state index in [9.17, 15) is 22.4 Å². The molecule has 0 saturated heterocycles. The molecule has 1 amide bonds. The van der Waals surface area contributed by atoms with Gasteiger partial charge in [0, 0.05) is 25.6 Å². The van der Waals surface area contributed by atoms with E-state index in [-0.39, 0.29) is 41.7 Å². The van der Waals surface area contributed by atoms with Gasteiger partial charge in [-0.05, 0) is 50.1 Å². The fraction of sp³-hybridized carbons (Fsp3) is 0.300. The van der Waals surface area contributed by atoms with Crippen LogP contribution in [0.3, 0.4) is 0 Å². The molecule has 1 N–H and O–H groups in total. The van der Waals surface area contributed by atoms with Crippen molar-refractivity contribution in [1.29, 1.82) is 0 Å². The van der Waals surface area contributed by atoms with Crippen molar-refractivity contribution in [2.24, 2.45) is 0 Å². The van der Waals surface area contributed by atoms with E-state index >= 15 is 0 Å². The third kappa shape index (κ3) is 5.46. The highest BCUT2D eigenvalue weighted by molar-refractivity contribution is 7.89. The van der Waals surface area contributed by atoms with Crippen LogP contribution in [-0.4, -0.2) is 38.0 Å². The Kier molecular flexibility index (Phi) is 7.04. The van der Waals surface area contributed by atoms with Crippen molar-refractivity contribution in [3.05, 3.63) is 59.4 Å². The Labute approximate surface area is 164 Å². The van der Waals surface area contributed by atoms with Gasteiger partial charge in [0.25, 0.3) is 0 Å². The summed E-state index contributed by atoms with van der Waals surface area (Å²) in [5, 5.41) is 2.50. The van der Waals surface area contributed by atoms with E-state index in [2.05, 4.69) is 5.32 Å². The number of benzene rings is 2. The molecule has 0 aliphatic heterocycles. The maximum Gasteiger partial charge on any atom is 0.242 e. The number of halogens is 1. The summed E-state index contributed by atoms with van der Waals surface area (Å²) in [6, 6.07) is 10.1. The molecule has 2 aromatic carbocycles. The van der Waals surface area contributed by atoms with Crippen molar-refractivity contribution in [3.63, 3.8) is 0 Å². The molecular weight excluding hydrogens is 383 g/mol. The number of sulfonamides is 1. The quantitative estimate of drug-likeness (QED) is 0.681. The van der Waals surface area contributed by atoms with Crippen molar-refractivity contribution in [1.82, 2.24) is 4.31 Å². The van der Waals surface area contributed by atoms with Gasteiger partial charge in [0.15, 0.2) is 5.78 Å². The highest BCUT2D eigenvalue weighted by Crippen LogP contribution is 2.18. The van der Waals surface area contributed by atoms with Gasteiger partial charge in [-0.1, -0.05) is 18.2 Å². The summed E-state index contributed by atoms with van der Waals surface area (Å²) in [5.74, 6) is -1.05. The number of carbonyl (C=O) groups excluding carboxylic acids is 2. The van der Waals surface area contributed by atoms with E-state index < -0.39 is 15.8 Å². The van der Waals surface area contributed by atoms with Gasteiger partial charge >= 0.3 is 0 Å². The summed E-state index contributed by atoms with van der Waals surface area (Å²) >= 11 is 0. The van der Waals surface area contributed by atoms with Crippen LogP contribution in [-0.2, 0) is 14.8 Å². The minimum absolute atomic E-state index is 0.0521. The number of amides is 1. The third-order valence-corrected chi connectivity index (χ3v) is 6.11. The van der Waals surface area contributed by atoms with Crippen LogP contribution in [0, 0.1) is 12.7 Å². The SMILES string of the molecule is CC(=O)c1ccc(S(=O)(=O)N(C)CCCC(=O)Nc2cc(C)ccc2F)cc1. The Morgan fingerprint density at radius 2 is 1.75 bits per heavy atom. The molecule has 0 atom stereocenters. The lowest BCUT2D eigenvalue weighted by molar-refractivity contribution is -0.116. The number of carbonyl (C=O) groups is 2. The van der Waals surface area contributed by atoms with Crippen molar-refractivity contribution >= 4 is 27.4 Å². The zero-order valence-electron chi connectivity index (χ0n) is 16.0. The molecule has 6 nitrogen and oxygen atoms in total. The van der Waals surface area contributed by atoms with Crippen molar-refractivity contribution in [2.45, 2.75) is 31.6 Å². The van der Waals surface area contributed by atoms with Crippen LogP contribution in [0.4, 0.5) is 10.1 Å². The van der Waals surface area contributed by atoms with Gasteiger partial charge in [0.1, 0.15) is 5.82 Å². The lowest BCUT2D eigenvalue weighted by Crippen LogP contribution is -2.28. The maximum absolute atomic E-state index is 13.7. The number of hydrogen-bond donors (Lipinski definition) is 1. The van der Waals surface area contributed by atoms with Crippen LogP contribution < -0.4 is 5.32 Å². The van der Waals surface area contributed by atoms with Gasteiger partial charge in [-0.2, -0.15) is 0 Å². The Morgan fingerprint density at radius 1 is 1.11 bits per heavy atom. The molecule has 0 unspecified atom stereocenters. The molecule has 0 heterocycles. The maximum atomic E-state index is 13.7. The lowest BCUT2D eigenvalue weighted by Gasteiger charge is -2.17. The average Bonchev–Trinajstić information content (AvgIpc) is 2.64. The Bertz CT molecular complexity index is 972. The fourth-order valence-electron chi connectivity index (χ4n) is 2.57. The number of nitrogens with zero attached hydrogens (tertiary/aromatic N) is 1. The number of hydrogen-bond acceptors (Lipinski definition) is 4. The van der Waals surface area contributed by atoms with E-state index in [0.717, 1.165) is 9.87 Å². The van der Waals surface area contributed by atoms with E-state index in [0.29, 0.717) is 5.56 Å². The first-order chi connectivity index (χ1) is 13.1. The Hall–Kier alpha value is -2.58. The molecule has 0 aliphatic carbocycles. The molecule has 0 saturated carbocycles. The summed E-state index contributed by atoms with van der Waals surface area (Å²) in [6.07, 6.45) is 0.330. The molecule has 28 heavy (non-hydrogen) atoms. The lowest BCUT2D eigenvalue weighted by atomic mass is 10.2. The second-order valence-corrected chi connectivity index (χ2v) is 8.59. The van der Waals surface area contributed by atoms with Gasteiger partial charge in [-0.25, -0.2) is 17.1 Å². The van der Waals surface area contributed by atoms with Gasteiger partial charge in [-0.3, -0.25) is 9.59 Å².